The molecule has 0 aliphatic carbocycles. The predicted octanol–water partition coefficient (Wildman–Crippen LogP) is 6.24. The Kier molecular flexibility index (Phi) is 7.08. The number of nitrogens with zero attached hydrogens (tertiary/aromatic N) is 5. The van der Waals surface area contributed by atoms with Gasteiger partial charge in [-0.2, -0.15) is 0 Å². The second-order valence-electron chi connectivity index (χ2n) is 6.03. The fourth-order valence-corrected chi connectivity index (χ4v) is 3.20. The number of ether oxygens (including phenoxy) is 1. The number of carbonyl (C=O) groups excluding carboxylic acids is 1. The van der Waals surface area contributed by atoms with Gasteiger partial charge in [0.05, 0.1) is 16.8 Å². The Hall–Kier alpha value is -3.32. The molecular formula is C20H16Cl2N6O2. The van der Waals surface area contributed by atoms with Crippen LogP contribution in [0, 0.1) is 0 Å². The first-order valence-electron chi connectivity index (χ1n) is 8.90. The molecule has 0 saturated carbocycles. The molecule has 3 rings (SSSR count). The topological polar surface area (TPSA) is 113 Å². The van der Waals surface area contributed by atoms with Gasteiger partial charge in [0.15, 0.2) is 0 Å². The zero-order valence-electron chi connectivity index (χ0n) is 15.8. The van der Waals surface area contributed by atoms with Crippen LogP contribution in [0.3, 0.4) is 0 Å². The van der Waals surface area contributed by atoms with Crippen molar-refractivity contribution >= 4 is 40.8 Å². The quantitative estimate of drug-likeness (QED) is 0.153. The molecule has 0 saturated heterocycles. The average molecular weight is 443 g/mol. The molecule has 2 aromatic carbocycles. The number of hydrogen-bond acceptors (Lipinski definition) is 6. The fraction of sp³-hybridized carbons (Fsp3) is 0.150. The highest BCUT2D eigenvalue weighted by Gasteiger charge is 2.24. The molecule has 30 heavy (non-hydrogen) atoms. The molecule has 0 bridgehead atoms. The number of esters is 1. The molecule has 0 spiro atoms. The van der Waals surface area contributed by atoms with Crippen molar-refractivity contribution in [3.8, 4) is 5.75 Å². The Morgan fingerprint density at radius 2 is 1.97 bits per heavy atom. The number of halogens is 2. The van der Waals surface area contributed by atoms with Crippen LogP contribution in [0.15, 0.2) is 60.0 Å². The Labute approximate surface area is 182 Å². The van der Waals surface area contributed by atoms with E-state index in [1.807, 2.05) is 0 Å². The standard InChI is InChI=1S/C20H16Cl2N6O2/c1-2-17(29)30-16-8-7-12(21)11-14(16)19(26-20-24-9-4-10-25-20)13-5-3-6-15(18(13)22)27-28-23/h3-11,19H,2H2,1H3,(H,24,25,26). The van der Waals surface area contributed by atoms with Crippen molar-refractivity contribution in [2.45, 2.75) is 19.4 Å². The summed E-state index contributed by atoms with van der Waals surface area (Å²) in [6, 6.07) is 11.0. The highest BCUT2D eigenvalue weighted by atomic mass is 35.5. The lowest BCUT2D eigenvalue weighted by atomic mass is 9.97. The minimum atomic E-state index is -0.660. The van der Waals surface area contributed by atoms with Gasteiger partial charge in [-0.05, 0) is 35.4 Å². The highest BCUT2D eigenvalue weighted by molar-refractivity contribution is 6.34. The Bertz CT molecular complexity index is 1100. The van der Waals surface area contributed by atoms with Crippen LogP contribution in [0.5, 0.6) is 5.75 Å². The van der Waals surface area contributed by atoms with Crippen LogP contribution in [-0.2, 0) is 4.79 Å². The number of nitrogens with one attached hydrogen (secondary N) is 1. The first kappa shape index (κ1) is 21.4. The van der Waals surface area contributed by atoms with E-state index in [1.165, 1.54) is 0 Å². The van der Waals surface area contributed by atoms with Gasteiger partial charge >= 0.3 is 5.97 Å². The van der Waals surface area contributed by atoms with Crippen LogP contribution in [0.1, 0.15) is 30.5 Å². The number of benzene rings is 2. The van der Waals surface area contributed by atoms with Crippen LogP contribution < -0.4 is 10.1 Å². The third-order valence-electron chi connectivity index (χ3n) is 4.11. The molecule has 1 N–H and O–H groups in total. The molecule has 10 heteroatoms. The maximum Gasteiger partial charge on any atom is 0.310 e. The van der Waals surface area contributed by atoms with Crippen molar-refractivity contribution in [2.24, 2.45) is 5.11 Å². The zero-order chi connectivity index (χ0) is 21.5. The molecule has 0 aliphatic rings. The Balaban J connectivity index is 2.19. The third kappa shape index (κ3) is 4.99. The smallest absolute Gasteiger partial charge is 0.310 e. The lowest BCUT2D eigenvalue weighted by molar-refractivity contribution is -0.134. The molecule has 0 aliphatic heterocycles. The van der Waals surface area contributed by atoms with Crippen molar-refractivity contribution in [1.82, 2.24) is 9.97 Å². The summed E-state index contributed by atoms with van der Waals surface area (Å²) in [7, 11) is 0. The van der Waals surface area contributed by atoms with Crippen molar-refractivity contribution in [2.75, 3.05) is 5.32 Å². The van der Waals surface area contributed by atoms with Gasteiger partial charge < -0.3 is 10.1 Å². The van der Waals surface area contributed by atoms with E-state index in [1.54, 1.807) is 61.8 Å². The largest absolute Gasteiger partial charge is 0.426 e. The molecule has 1 unspecified atom stereocenters. The summed E-state index contributed by atoms with van der Waals surface area (Å²) in [5, 5.41) is 7.49. The fourth-order valence-electron chi connectivity index (χ4n) is 2.74. The minimum Gasteiger partial charge on any atom is -0.426 e. The number of azide groups is 1. The van der Waals surface area contributed by atoms with E-state index >= 15 is 0 Å². The number of hydrogen-bond donors (Lipinski definition) is 1. The average Bonchev–Trinajstić information content (AvgIpc) is 2.76. The second-order valence-corrected chi connectivity index (χ2v) is 6.84. The molecule has 1 heterocycles. The van der Waals surface area contributed by atoms with Gasteiger partial charge in [0.25, 0.3) is 0 Å². The lowest BCUT2D eigenvalue weighted by Crippen LogP contribution is -2.17. The molecular weight excluding hydrogens is 427 g/mol. The summed E-state index contributed by atoms with van der Waals surface area (Å²) >= 11 is 12.8. The van der Waals surface area contributed by atoms with Crippen molar-refractivity contribution in [1.29, 1.82) is 0 Å². The molecule has 1 atom stereocenters. The maximum absolute atomic E-state index is 12.0. The van der Waals surface area contributed by atoms with E-state index in [9.17, 15) is 4.79 Å². The van der Waals surface area contributed by atoms with Gasteiger partial charge in [-0.25, -0.2) is 9.97 Å². The predicted molar refractivity (Wildman–Crippen MR) is 115 cm³/mol. The van der Waals surface area contributed by atoms with E-state index in [-0.39, 0.29) is 17.1 Å². The summed E-state index contributed by atoms with van der Waals surface area (Å²) < 4.78 is 5.50. The Morgan fingerprint density at radius 1 is 1.20 bits per heavy atom. The maximum atomic E-state index is 12.0. The molecule has 8 nitrogen and oxygen atoms in total. The summed E-state index contributed by atoms with van der Waals surface area (Å²) in [6.45, 7) is 1.70. The normalized spacial score (nSPS) is 11.3. The van der Waals surface area contributed by atoms with Crippen molar-refractivity contribution in [3.63, 3.8) is 0 Å². The monoisotopic (exact) mass is 442 g/mol. The van der Waals surface area contributed by atoms with E-state index in [0.29, 0.717) is 27.8 Å². The zero-order valence-corrected chi connectivity index (χ0v) is 17.3. The first-order chi connectivity index (χ1) is 14.5. The van der Waals surface area contributed by atoms with Gasteiger partial charge in [0.1, 0.15) is 5.75 Å². The van der Waals surface area contributed by atoms with Gasteiger partial charge in [-0.15, -0.1) is 0 Å². The van der Waals surface area contributed by atoms with Gasteiger partial charge in [0.2, 0.25) is 5.95 Å². The molecule has 152 valence electrons. The van der Waals surface area contributed by atoms with Gasteiger partial charge in [0, 0.05) is 34.3 Å². The number of aromatic nitrogens is 2. The van der Waals surface area contributed by atoms with Crippen LogP contribution in [0.2, 0.25) is 10.0 Å². The number of carbonyl (C=O) groups is 1. The van der Waals surface area contributed by atoms with E-state index in [2.05, 4.69) is 25.3 Å². The minimum absolute atomic E-state index is 0.203. The van der Waals surface area contributed by atoms with Gasteiger partial charge in [-0.1, -0.05) is 53.4 Å². The summed E-state index contributed by atoms with van der Waals surface area (Å²) in [5.74, 6) is 0.229. The third-order valence-corrected chi connectivity index (χ3v) is 4.75. The van der Waals surface area contributed by atoms with Gasteiger partial charge in [-0.3, -0.25) is 4.79 Å². The molecule has 0 radical (unpaired) electrons. The molecule has 0 amide bonds. The molecule has 0 fully saturated rings. The summed E-state index contributed by atoms with van der Waals surface area (Å²) in [5.41, 5.74) is 10.2. The van der Waals surface area contributed by atoms with E-state index < -0.39 is 12.0 Å². The van der Waals surface area contributed by atoms with E-state index in [4.69, 9.17) is 33.5 Å². The van der Waals surface area contributed by atoms with Crippen LogP contribution in [-0.4, -0.2) is 15.9 Å². The van der Waals surface area contributed by atoms with Crippen LogP contribution in [0.25, 0.3) is 10.4 Å². The summed E-state index contributed by atoms with van der Waals surface area (Å²) in [6.07, 6.45) is 3.37. The first-order valence-corrected chi connectivity index (χ1v) is 9.66. The highest BCUT2D eigenvalue weighted by Crippen LogP contribution is 2.40. The van der Waals surface area contributed by atoms with Crippen LogP contribution in [0.4, 0.5) is 11.6 Å². The number of anilines is 1. The molecule has 3 aromatic rings. The van der Waals surface area contributed by atoms with Crippen LogP contribution >= 0.6 is 23.2 Å². The SMILES string of the molecule is CCC(=O)Oc1ccc(Cl)cc1C(Nc1ncccn1)c1cccc(N=[N+]=[N-])c1Cl. The van der Waals surface area contributed by atoms with Crippen molar-refractivity contribution < 1.29 is 9.53 Å². The lowest BCUT2D eigenvalue weighted by Gasteiger charge is -2.23. The van der Waals surface area contributed by atoms with E-state index in [0.717, 1.165) is 0 Å². The Morgan fingerprint density at radius 3 is 2.67 bits per heavy atom. The summed E-state index contributed by atoms with van der Waals surface area (Å²) in [4.78, 5) is 23.2. The molecule has 1 aromatic heterocycles. The second kappa shape index (κ2) is 9.93. The van der Waals surface area contributed by atoms with Crippen molar-refractivity contribution in [3.05, 3.63) is 86.5 Å². The number of rotatable bonds is 7.